The van der Waals surface area contributed by atoms with E-state index < -0.39 is 0 Å². The Morgan fingerprint density at radius 3 is 2.86 bits per heavy atom. The van der Waals surface area contributed by atoms with Crippen LogP contribution in [0.5, 0.6) is 0 Å². The van der Waals surface area contributed by atoms with Gasteiger partial charge < -0.3 is 10.2 Å². The van der Waals surface area contributed by atoms with E-state index in [0.29, 0.717) is 0 Å². The van der Waals surface area contributed by atoms with Crippen molar-refractivity contribution in [3.05, 3.63) is 59.4 Å². The van der Waals surface area contributed by atoms with Gasteiger partial charge in [-0.1, -0.05) is 31.2 Å². The second kappa shape index (κ2) is 6.72. The van der Waals surface area contributed by atoms with E-state index in [2.05, 4.69) is 59.6 Å². The zero-order valence-corrected chi connectivity index (χ0v) is 12.7. The van der Waals surface area contributed by atoms with Crippen molar-refractivity contribution >= 4 is 5.69 Å². The van der Waals surface area contributed by atoms with Crippen LogP contribution in [0.4, 0.5) is 5.69 Å². The van der Waals surface area contributed by atoms with Gasteiger partial charge in [0, 0.05) is 18.8 Å². The van der Waals surface area contributed by atoms with Crippen LogP contribution >= 0.6 is 0 Å². The number of hydrogen-bond acceptors (Lipinski definition) is 3. The van der Waals surface area contributed by atoms with Gasteiger partial charge in [0.25, 0.3) is 0 Å². The Balaban J connectivity index is 1.67. The first kappa shape index (κ1) is 14.1. The predicted octanol–water partition coefficient (Wildman–Crippen LogP) is 3.14. The largest absolute Gasteiger partial charge is 0.365 e. The number of rotatable bonds is 6. The molecule has 1 aliphatic rings. The lowest BCUT2D eigenvalue weighted by atomic mass is 10.2. The summed E-state index contributed by atoms with van der Waals surface area (Å²) in [6.45, 7) is 6.09. The minimum absolute atomic E-state index is 0.859. The molecule has 0 unspecified atom stereocenters. The van der Waals surface area contributed by atoms with Crippen molar-refractivity contribution in [2.75, 3.05) is 18.0 Å². The molecule has 1 N–H and O–H groups in total. The van der Waals surface area contributed by atoms with Gasteiger partial charge in [-0.15, -0.1) is 0 Å². The summed E-state index contributed by atoms with van der Waals surface area (Å²) >= 11 is 0. The number of para-hydroxylation sites is 1. The number of anilines is 1. The molecule has 1 aromatic carbocycles. The molecule has 21 heavy (non-hydrogen) atoms. The molecule has 0 saturated heterocycles. The Morgan fingerprint density at radius 1 is 1.10 bits per heavy atom. The zero-order valence-electron chi connectivity index (χ0n) is 12.7. The van der Waals surface area contributed by atoms with Crippen molar-refractivity contribution in [1.29, 1.82) is 0 Å². The van der Waals surface area contributed by atoms with Gasteiger partial charge in [-0.05, 0) is 43.1 Å². The lowest BCUT2D eigenvalue weighted by Gasteiger charge is -2.19. The van der Waals surface area contributed by atoms with E-state index in [1.165, 1.54) is 11.3 Å². The van der Waals surface area contributed by atoms with Crippen molar-refractivity contribution in [3.8, 4) is 0 Å². The van der Waals surface area contributed by atoms with Crippen LogP contribution in [0.3, 0.4) is 0 Å². The molecule has 0 radical (unpaired) electrons. The standard InChI is InChI=1S/C18H23N3/c1-2-11-19-13-16-7-5-8-17(20-16)14-21-12-10-15-6-3-4-9-18(15)21/h3-9,19H,2,10-14H2,1H3. The van der Waals surface area contributed by atoms with Crippen LogP contribution in [0.1, 0.15) is 30.3 Å². The molecule has 3 heteroatoms. The van der Waals surface area contributed by atoms with E-state index in [9.17, 15) is 0 Å². The monoisotopic (exact) mass is 281 g/mol. The quantitative estimate of drug-likeness (QED) is 0.825. The van der Waals surface area contributed by atoms with Crippen molar-refractivity contribution in [2.45, 2.75) is 32.9 Å². The Morgan fingerprint density at radius 2 is 1.95 bits per heavy atom. The van der Waals surface area contributed by atoms with E-state index in [0.717, 1.165) is 50.4 Å². The number of aromatic nitrogens is 1. The fraction of sp³-hybridized carbons (Fsp3) is 0.389. The van der Waals surface area contributed by atoms with Crippen LogP contribution < -0.4 is 10.2 Å². The van der Waals surface area contributed by atoms with Gasteiger partial charge in [-0.3, -0.25) is 4.98 Å². The Labute approximate surface area is 127 Å². The summed E-state index contributed by atoms with van der Waals surface area (Å²) in [5.74, 6) is 0. The third kappa shape index (κ3) is 3.42. The van der Waals surface area contributed by atoms with Crippen LogP contribution in [0.15, 0.2) is 42.5 Å². The molecule has 0 fully saturated rings. The maximum Gasteiger partial charge on any atom is 0.0602 e. The van der Waals surface area contributed by atoms with Crippen LogP contribution in [-0.2, 0) is 19.5 Å². The summed E-state index contributed by atoms with van der Waals surface area (Å²) in [7, 11) is 0. The predicted molar refractivity (Wildman–Crippen MR) is 87.4 cm³/mol. The summed E-state index contributed by atoms with van der Waals surface area (Å²) in [5.41, 5.74) is 5.11. The molecule has 0 aliphatic carbocycles. The molecule has 0 bridgehead atoms. The fourth-order valence-corrected chi connectivity index (χ4v) is 2.88. The first-order valence-corrected chi connectivity index (χ1v) is 7.85. The van der Waals surface area contributed by atoms with Crippen LogP contribution in [0, 0.1) is 0 Å². The lowest BCUT2D eigenvalue weighted by molar-refractivity contribution is 0.660. The molecular weight excluding hydrogens is 258 g/mol. The number of nitrogens with one attached hydrogen (secondary N) is 1. The summed E-state index contributed by atoms with van der Waals surface area (Å²) < 4.78 is 0. The molecule has 1 aliphatic heterocycles. The molecule has 0 spiro atoms. The Bertz CT molecular complexity index is 595. The first-order valence-electron chi connectivity index (χ1n) is 7.85. The van der Waals surface area contributed by atoms with E-state index in [1.54, 1.807) is 0 Å². The maximum absolute atomic E-state index is 4.78. The normalized spacial score (nSPS) is 13.5. The van der Waals surface area contributed by atoms with E-state index in [1.807, 2.05) is 0 Å². The van der Waals surface area contributed by atoms with Crippen molar-refractivity contribution in [1.82, 2.24) is 10.3 Å². The molecular formula is C18H23N3. The van der Waals surface area contributed by atoms with Crippen molar-refractivity contribution in [3.63, 3.8) is 0 Å². The fourth-order valence-electron chi connectivity index (χ4n) is 2.88. The van der Waals surface area contributed by atoms with E-state index in [4.69, 9.17) is 4.98 Å². The van der Waals surface area contributed by atoms with Gasteiger partial charge in [0.15, 0.2) is 0 Å². The highest BCUT2D eigenvalue weighted by Gasteiger charge is 2.18. The SMILES string of the molecule is CCCNCc1cccc(CN2CCc3ccccc32)n1. The Hall–Kier alpha value is -1.87. The lowest BCUT2D eigenvalue weighted by Crippen LogP contribution is -2.21. The zero-order chi connectivity index (χ0) is 14.5. The number of pyridine rings is 1. The van der Waals surface area contributed by atoms with Crippen LogP contribution in [0.2, 0.25) is 0 Å². The molecule has 2 aromatic rings. The van der Waals surface area contributed by atoms with Gasteiger partial charge in [0.2, 0.25) is 0 Å². The van der Waals surface area contributed by atoms with E-state index >= 15 is 0 Å². The Kier molecular flexibility index (Phi) is 4.51. The molecule has 0 atom stereocenters. The number of hydrogen-bond donors (Lipinski definition) is 1. The summed E-state index contributed by atoms with van der Waals surface area (Å²) in [6.07, 6.45) is 2.30. The molecule has 2 heterocycles. The average molecular weight is 281 g/mol. The van der Waals surface area contributed by atoms with Gasteiger partial charge in [-0.25, -0.2) is 0 Å². The summed E-state index contributed by atoms with van der Waals surface area (Å²) in [5, 5.41) is 3.41. The van der Waals surface area contributed by atoms with Crippen molar-refractivity contribution in [2.24, 2.45) is 0 Å². The van der Waals surface area contributed by atoms with Gasteiger partial charge >= 0.3 is 0 Å². The maximum atomic E-state index is 4.78. The smallest absolute Gasteiger partial charge is 0.0602 e. The second-order valence-electron chi connectivity index (χ2n) is 5.60. The highest BCUT2D eigenvalue weighted by molar-refractivity contribution is 5.57. The summed E-state index contributed by atoms with van der Waals surface area (Å²) in [6, 6.07) is 15.0. The minimum atomic E-state index is 0.859. The molecule has 0 saturated carbocycles. The van der Waals surface area contributed by atoms with Crippen LogP contribution in [0.25, 0.3) is 0 Å². The topological polar surface area (TPSA) is 28.2 Å². The average Bonchev–Trinajstić information content (AvgIpc) is 2.91. The molecule has 0 amide bonds. The third-order valence-electron chi connectivity index (χ3n) is 3.93. The minimum Gasteiger partial charge on any atom is -0.365 e. The molecule has 110 valence electrons. The number of fused-ring (bicyclic) bond motifs is 1. The highest BCUT2D eigenvalue weighted by atomic mass is 15.2. The molecule has 3 nitrogen and oxygen atoms in total. The highest BCUT2D eigenvalue weighted by Crippen LogP contribution is 2.28. The number of nitrogens with zero attached hydrogens (tertiary/aromatic N) is 2. The van der Waals surface area contributed by atoms with Gasteiger partial charge in [-0.2, -0.15) is 0 Å². The van der Waals surface area contributed by atoms with Gasteiger partial charge in [0.1, 0.15) is 0 Å². The second-order valence-corrected chi connectivity index (χ2v) is 5.60. The number of benzene rings is 1. The van der Waals surface area contributed by atoms with Crippen molar-refractivity contribution < 1.29 is 0 Å². The molecule has 1 aromatic heterocycles. The van der Waals surface area contributed by atoms with Crippen LogP contribution in [-0.4, -0.2) is 18.1 Å². The van der Waals surface area contributed by atoms with Gasteiger partial charge in [0.05, 0.1) is 17.9 Å². The van der Waals surface area contributed by atoms with E-state index in [-0.39, 0.29) is 0 Å². The summed E-state index contributed by atoms with van der Waals surface area (Å²) in [4.78, 5) is 7.21. The third-order valence-corrected chi connectivity index (χ3v) is 3.93. The molecule has 3 rings (SSSR count). The first-order chi connectivity index (χ1) is 10.4.